The first-order chi connectivity index (χ1) is 7.43. The summed E-state index contributed by atoms with van der Waals surface area (Å²) in [4.78, 5) is 11.8. The summed E-state index contributed by atoms with van der Waals surface area (Å²) in [7, 11) is 1.90. The molecule has 0 spiro atoms. The van der Waals surface area contributed by atoms with Gasteiger partial charge in [0.25, 0.3) is 0 Å². The summed E-state index contributed by atoms with van der Waals surface area (Å²) in [6.07, 6.45) is 0. The lowest BCUT2D eigenvalue weighted by Gasteiger charge is -2.18. The van der Waals surface area contributed by atoms with E-state index in [4.69, 9.17) is 0 Å². The third-order valence-corrected chi connectivity index (χ3v) is 2.25. The third-order valence-electron chi connectivity index (χ3n) is 2.25. The second kappa shape index (κ2) is 5.12. The molecular formula is C13H20N2O. The van der Waals surface area contributed by atoms with Gasteiger partial charge in [0.15, 0.2) is 0 Å². The standard InChI is InChI=1S/C13H20N2O/c1-13(2,3)12(16)15-11-7-5-6-10(8-11)9-14-4/h5-8,14H,9H2,1-4H3,(H,15,16). The van der Waals surface area contributed by atoms with Crippen LogP contribution in [-0.2, 0) is 11.3 Å². The molecule has 0 radical (unpaired) electrons. The Hall–Kier alpha value is -1.35. The molecule has 0 aromatic heterocycles. The van der Waals surface area contributed by atoms with E-state index in [0.717, 1.165) is 17.8 Å². The Labute approximate surface area is 97.2 Å². The molecule has 0 aliphatic carbocycles. The number of benzene rings is 1. The summed E-state index contributed by atoms with van der Waals surface area (Å²) < 4.78 is 0. The molecule has 0 bridgehead atoms. The molecule has 1 rings (SSSR count). The van der Waals surface area contributed by atoms with Crippen molar-refractivity contribution < 1.29 is 4.79 Å². The topological polar surface area (TPSA) is 41.1 Å². The van der Waals surface area contributed by atoms with Crippen LogP contribution >= 0.6 is 0 Å². The maximum absolute atomic E-state index is 11.8. The molecule has 3 heteroatoms. The van der Waals surface area contributed by atoms with E-state index in [2.05, 4.69) is 10.6 Å². The minimum Gasteiger partial charge on any atom is -0.326 e. The molecule has 16 heavy (non-hydrogen) atoms. The number of rotatable bonds is 3. The molecule has 0 unspecified atom stereocenters. The SMILES string of the molecule is CNCc1cccc(NC(=O)C(C)(C)C)c1. The van der Waals surface area contributed by atoms with E-state index in [1.54, 1.807) is 0 Å². The van der Waals surface area contributed by atoms with Gasteiger partial charge in [0.05, 0.1) is 0 Å². The third kappa shape index (κ3) is 3.66. The summed E-state index contributed by atoms with van der Waals surface area (Å²) in [5, 5.41) is 6.00. The van der Waals surface area contributed by atoms with Crippen molar-refractivity contribution in [1.82, 2.24) is 5.32 Å². The van der Waals surface area contributed by atoms with Crippen molar-refractivity contribution in [3.8, 4) is 0 Å². The molecule has 1 aromatic rings. The first-order valence-electron chi connectivity index (χ1n) is 5.48. The van der Waals surface area contributed by atoms with Crippen molar-refractivity contribution in [2.45, 2.75) is 27.3 Å². The second-order valence-electron chi connectivity index (χ2n) is 4.93. The highest BCUT2D eigenvalue weighted by Crippen LogP contribution is 2.18. The fourth-order valence-corrected chi connectivity index (χ4v) is 1.28. The first kappa shape index (κ1) is 12.7. The number of carbonyl (C=O) groups excluding carboxylic acids is 1. The fraction of sp³-hybridized carbons (Fsp3) is 0.462. The molecule has 88 valence electrons. The minimum atomic E-state index is -0.362. The molecule has 0 heterocycles. The normalized spacial score (nSPS) is 11.2. The van der Waals surface area contributed by atoms with Crippen LogP contribution in [0.25, 0.3) is 0 Å². The second-order valence-corrected chi connectivity index (χ2v) is 4.93. The van der Waals surface area contributed by atoms with Crippen LogP contribution in [0, 0.1) is 5.41 Å². The summed E-state index contributed by atoms with van der Waals surface area (Å²) in [6.45, 7) is 6.51. The zero-order valence-corrected chi connectivity index (χ0v) is 10.4. The molecule has 0 aliphatic rings. The van der Waals surface area contributed by atoms with Gasteiger partial charge in [-0.25, -0.2) is 0 Å². The molecule has 2 N–H and O–H groups in total. The van der Waals surface area contributed by atoms with Crippen molar-refractivity contribution in [2.75, 3.05) is 12.4 Å². The van der Waals surface area contributed by atoms with E-state index < -0.39 is 0 Å². The van der Waals surface area contributed by atoms with Crippen LogP contribution in [0.5, 0.6) is 0 Å². The molecule has 3 nitrogen and oxygen atoms in total. The molecule has 1 aromatic carbocycles. The van der Waals surface area contributed by atoms with Gasteiger partial charge in [-0.3, -0.25) is 4.79 Å². The molecule has 1 amide bonds. The van der Waals surface area contributed by atoms with Gasteiger partial charge in [-0.2, -0.15) is 0 Å². The van der Waals surface area contributed by atoms with Crippen molar-refractivity contribution in [2.24, 2.45) is 5.41 Å². The zero-order valence-electron chi connectivity index (χ0n) is 10.4. The van der Waals surface area contributed by atoms with Crippen LogP contribution < -0.4 is 10.6 Å². The van der Waals surface area contributed by atoms with Crippen molar-refractivity contribution in [3.63, 3.8) is 0 Å². The highest BCUT2D eigenvalue weighted by molar-refractivity contribution is 5.94. The van der Waals surface area contributed by atoms with Crippen molar-refractivity contribution in [3.05, 3.63) is 29.8 Å². The lowest BCUT2D eigenvalue weighted by molar-refractivity contribution is -0.123. The Bertz CT molecular complexity index is 366. The molecule has 0 aliphatic heterocycles. The van der Waals surface area contributed by atoms with Crippen LogP contribution in [0.1, 0.15) is 26.3 Å². The van der Waals surface area contributed by atoms with E-state index in [9.17, 15) is 4.79 Å². The average Bonchev–Trinajstić information content (AvgIpc) is 2.17. The molecule has 0 saturated carbocycles. The summed E-state index contributed by atoms with van der Waals surface area (Å²) >= 11 is 0. The monoisotopic (exact) mass is 220 g/mol. The van der Waals surface area contributed by atoms with Crippen LogP contribution in [-0.4, -0.2) is 13.0 Å². The Morgan fingerprint density at radius 2 is 2.00 bits per heavy atom. The van der Waals surface area contributed by atoms with E-state index in [1.165, 1.54) is 0 Å². The summed E-state index contributed by atoms with van der Waals surface area (Å²) in [5.41, 5.74) is 1.65. The number of hydrogen-bond acceptors (Lipinski definition) is 2. The highest BCUT2D eigenvalue weighted by Gasteiger charge is 2.20. The fourth-order valence-electron chi connectivity index (χ4n) is 1.28. The maximum atomic E-state index is 11.8. The van der Waals surface area contributed by atoms with Gasteiger partial charge in [-0.1, -0.05) is 32.9 Å². The first-order valence-corrected chi connectivity index (χ1v) is 5.48. The van der Waals surface area contributed by atoms with E-state index in [1.807, 2.05) is 52.1 Å². The van der Waals surface area contributed by atoms with E-state index in [-0.39, 0.29) is 11.3 Å². The number of anilines is 1. The van der Waals surface area contributed by atoms with Crippen LogP contribution in [0.2, 0.25) is 0 Å². The Morgan fingerprint density at radius 3 is 2.56 bits per heavy atom. The molecule has 0 saturated heterocycles. The number of hydrogen-bond donors (Lipinski definition) is 2. The summed E-state index contributed by atoms with van der Waals surface area (Å²) in [6, 6.07) is 7.87. The zero-order chi connectivity index (χ0) is 12.2. The number of carbonyl (C=O) groups is 1. The Balaban J connectivity index is 2.74. The average molecular weight is 220 g/mol. The van der Waals surface area contributed by atoms with E-state index in [0.29, 0.717) is 0 Å². The molecule has 0 fully saturated rings. The number of nitrogens with one attached hydrogen (secondary N) is 2. The smallest absolute Gasteiger partial charge is 0.229 e. The summed E-state index contributed by atoms with van der Waals surface area (Å²) in [5.74, 6) is 0.0362. The van der Waals surface area contributed by atoms with Gasteiger partial charge in [0.1, 0.15) is 0 Å². The highest BCUT2D eigenvalue weighted by atomic mass is 16.2. The lowest BCUT2D eigenvalue weighted by atomic mass is 9.95. The Morgan fingerprint density at radius 1 is 1.31 bits per heavy atom. The Kier molecular flexibility index (Phi) is 4.07. The van der Waals surface area contributed by atoms with Gasteiger partial charge in [0, 0.05) is 17.6 Å². The van der Waals surface area contributed by atoms with Crippen molar-refractivity contribution in [1.29, 1.82) is 0 Å². The molecule has 0 atom stereocenters. The molecular weight excluding hydrogens is 200 g/mol. The minimum absolute atomic E-state index is 0.0362. The van der Waals surface area contributed by atoms with Gasteiger partial charge < -0.3 is 10.6 Å². The number of amides is 1. The van der Waals surface area contributed by atoms with Crippen molar-refractivity contribution >= 4 is 11.6 Å². The van der Waals surface area contributed by atoms with Crippen LogP contribution in [0.15, 0.2) is 24.3 Å². The lowest BCUT2D eigenvalue weighted by Crippen LogP contribution is -2.27. The van der Waals surface area contributed by atoms with Gasteiger partial charge in [-0.05, 0) is 24.7 Å². The van der Waals surface area contributed by atoms with Crippen LogP contribution in [0.4, 0.5) is 5.69 Å². The van der Waals surface area contributed by atoms with E-state index >= 15 is 0 Å². The largest absolute Gasteiger partial charge is 0.326 e. The maximum Gasteiger partial charge on any atom is 0.229 e. The van der Waals surface area contributed by atoms with Gasteiger partial charge >= 0.3 is 0 Å². The van der Waals surface area contributed by atoms with Gasteiger partial charge in [-0.15, -0.1) is 0 Å². The van der Waals surface area contributed by atoms with Gasteiger partial charge in [0.2, 0.25) is 5.91 Å². The quantitative estimate of drug-likeness (QED) is 0.821. The van der Waals surface area contributed by atoms with Crippen LogP contribution in [0.3, 0.4) is 0 Å². The predicted octanol–water partition coefficient (Wildman–Crippen LogP) is 2.39. The predicted molar refractivity (Wildman–Crippen MR) is 67.3 cm³/mol.